The number of fused-ring (bicyclic) bond motifs is 1. The summed E-state index contributed by atoms with van der Waals surface area (Å²) in [6, 6.07) is 26.5. The Kier molecular flexibility index (Phi) is 7.54. The highest BCUT2D eigenvalue weighted by Gasteiger charge is 2.12. The number of aliphatic carboxylic acids is 1. The molecule has 4 rings (SSSR count). The number of aromatic nitrogens is 2. The van der Waals surface area contributed by atoms with Crippen molar-refractivity contribution in [2.24, 2.45) is 0 Å². The molecule has 0 aliphatic rings. The van der Waals surface area contributed by atoms with Crippen LogP contribution in [0, 0.1) is 0 Å². The van der Waals surface area contributed by atoms with Crippen LogP contribution in [0.1, 0.15) is 31.2 Å². The number of hydrogen-bond acceptors (Lipinski definition) is 3. The van der Waals surface area contributed by atoms with E-state index in [9.17, 15) is 4.79 Å². The lowest BCUT2D eigenvalue weighted by molar-refractivity contribution is -0.137. The third kappa shape index (κ3) is 6.10. The molecule has 3 aromatic carbocycles. The first-order chi connectivity index (χ1) is 16.2. The zero-order valence-corrected chi connectivity index (χ0v) is 18.6. The van der Waals surface area contributed by atoms with Crippen LogP contribution in [0.25, 0.3) is 28.5 Å². The van der Waals surface area contributed by atoms with Gasteiger partial charge in [0.05, 0.1) is 17.6 Å². The number of carbonyl (C=O) groups is 1. The van der Waals surface area contributed by atoms with Crippen LogP contribution in [-0.2, 0) is 11.3 Å². The summed E-state index contributed by atoms with van der Waals surface area (Å²) in [6.07, 6.45) is 6.85. The van der Waals surface area contributed by atoms with Gasteiger partial charge in [0.2, 0.25) is 0 Å². The van der Waals surface area contributed by atoms with Gasteiger partial charge in [0.15, 0.2) is 0 Å². The predicted octanol–water partition coefficient (Wildman–Crippen LogP) is 6.44. The molecule has 0 spiro atoms. The Morgan fingerprint density at radius 3 is 2.45 bits per heavy atom. The third-order valence-corrected chi connectivity index (χ3v) is 5.45. The number of unbranched alkanes of at least 4 members (excludes halogenated alkanes) is 2. The monoisotopic (exact) mass is 440 g/mol. The van der Waals surface area contributed by atoms with E-state index in [4.69, 9.17) is 14.8 Å². The Hall–Kier alpha value is -3.86. The van der Waals surface area contributed by atoms with Crippen LogP contribution in [0.5, 0.6) is 5.75 Å². The fourth-order valence-electron chi connectivity index (χ4n) is 3.80. The molecule has 0 amide bonds. The first-order valence-corrected chi connectivity index (χ1v) is 11.3. The van der Waals surface area contributed by atoms with Crippen molar-refractivity contribution in [1.82, 2.24) is 9.55 Å². The topological polar surface area (TPSA) is 64.3 Å². The normalized spacial score (nSPS) is 11.3. The van der Waals surface area contributed by atoms with Crippen LogP contribution in [0.15, 0.2) is 84.9 Å². The SMILES string of the molecule is O=C(O)CCCCCOc1ccc2c(c1)nc(-c1ccccc1)n2C/C=C/c1ccccc1. The van der Waals surface area contributed by atoms with Crippen molar-refractivity contribution in [3.05, 3.63) is 90.5 Å². The highest BCUT2D eigenvalue weighted by atomic mass is 16.5. The van der Waals surface area contributed by atoms with Crippen molar-refractivity contribution in [1.29, 1.82) is 0 Å². The first-order valence-electron chi connectivity index (χ1n) is 11.3. The molecule has 0 fully saturated rings. The summed E-state index contributed by atoms with van der Waals surface area (Å²) < 4.78 is 8.13. The summed E-state index contributed by atoms with van der Waals surface area (Å²) >= 11 is 0. The summed E-state index contributed by atoms with van der Waals surface area (Å²) in [6.45, 7) is 1.27. The lowest BCUT2D eigenvalue weighted by atomic mass is 10.2. The quantitative estimate of drug-likeness (QED) is 0.273. The van der Waals surface area contributed by atoms with Crippen LogP contribution in [0.4, 0.5) is 0 Å². The molecule has 168 valence electrons. The Balaban J connectivity index is 1.52. The molecule has 5 nitrogen and oxygen atoms in total. The van der Waals surface area contributed by atoms with Gasteiger partial charge in [-0.3, -0.25) is 4.79 Å². The molecule has 0 unspecified atom stereocenters. The minimum atomic E-state index is -0.746. The highest BCUT2D eigenvalue weighted by Crippen LogP contribution is 2.28. The molecule has 4 aromatic rings. The van der Waals surface area contributed by atoms with Crippen LogP contribution in [0.2, 0.25) is 0 Å². The highest BCUT2D eigenvalue weighted by molar-refractivity contribution is 5.82. The molecule has 0 aliphatic heterocycles. The van der Waals surface area contributed by atoms with Crippen molar-refractivity contribution < 1.29 is 14.6 Å². The maximum absolute atomic E-state index is 10.6. The minimum Gasteiger partial charge on any atom is -0.494 e. The standard InChI is InChI=1S/C28H28N2O3/c31-27(32)16-8-3-9-20-33-24-17-18-26-25(21-24)29-28(23-14-6-2-7-15-23)30(26)19-10-13-22-11-4-1-5-12-22/h1-2,4-7,10-15,17-18,21H,3,8-9,16,19-20H2,(H,31,32)/b13-10+. The van der Waals surface area contributed by atoms with Crippen molar-refractivity contribution in [2.75, 3.05) is 6.61 Å². The zero-order valence-electron chi connectivity index (χ0n) is 18.6. The molecule has 0 aliphatic carbocycles. The molecule has 0 saturated carbocycles. The Labute approximate surface area is 194 Å². The van der Waals surface area contributed by atoms with E-state index < -0.39 is 5.97 Å². The smallest absolute Gasteiger partial charge is 0.303 e. The summed E-state index contributed by atoms with van der Waals surface area (Å²) in [4.78, 5) is 15.5. The van der Waals surface area contributed by atoms with Gasteiger partial charge in [-0.15, -0.1) is 0 Å². The van der Waals surface area contributed by atoms with E-state index in [1.165, 1.54) is 5.56 Å². The Bertz CT molecular complexity index is 1210. The van der Waals surface area contributed by atoms with Crippen molar-refractivity contribution in [3.63, 3.8) is 0 Å². The number of benzene rings is 3. The van der Waals surface area contributed by atoms with Crippen molar-refractivity contribution in [3.8, 4) is 17.1 Å². The zero-order chi connectivity index (χ0) is 22.9. The molecule has 33 heavy (non-hydrogen) atoms. The second kappa shape index (κ2) is 11.1. The lowest BCUT2D eigenvalue weighted by Crippen LogP contribution is -2.00. The van der Waals surface area contributed by atoms with E-state index in [1.54, 1.807) is 0 Å². The molecule has 1 aromatic heterocycles. The number of allylic oxidation sites excluding steroid dienone is 1. The average molecular weight is 441 g/mol. The molecule has 0 saturated heterocycles. The fourth-order valence-corrected chi connectivity index (χ4v) is 3.80. The van der Waals surface area contributed by atoms with Crippen LogP contribution >= 0.6 is 0 Å². The summed E-state index contributed by atoms with van der Waals surface area (Å²) in [5, 5.41) is 8.72. The van der Waals surface area contributed by atoms with E-state index in [1.807, 2.05) is 48.5 Å². The van der Waals surface area contributed by atoms with Gasteiger partial charge in [-0.2, -0.15) is 0 Å². The Morgan fingerprint density at radius 2 is 1.70 bits per heavy atom. The molecular formula is C28H28N2O3. The molecule has 0 atom stereocenters. The number of rotatable bonds is 11. The van der Waals surface area contributed by atoms with Gasteiger partial charge >= 0.3 is 5.97 Å². The number of ether oxygens (including phenoxy) is 1. The number of imidazole rings is 1. The average Bonchev–Trinajstić information content (AvgIpc) is 3.20. The van der Waals surface area contributed by atoms with E-state index in [0.29, 0.717) is 19.6 Å². The molecule has 0 bridgehead atoms. The molecular weight excluding hydrogens is 412 g/mol. The summed E-state index contributed by atoms with van der Waals surface area (Å²) in [5.41, 5.74) is 4.19. The number of nitrogens with zero attached hydrogens (tertiary/aromatic N) is 2. The van der Waals surface area contributed by atoms with Crippen LogP contribution < -0.4 is 4.74 Å². The van der Waals surface area contributed by atoms with Crippen LogP contribution in [-0.4, -0.2) is 27.2 Å². The number of carboxylic acid groups (broad SMARTS) is 1. The predicted molar refractivity (Wildman–Crippen MR) is 132 cm³/mol. The summed E-state index contributed by atoms with van der Waals surface area (Å²) in [7, 11) is 0. The number of hydrogen-bond donors (Lipinski definition) is 1. The molecule has 0 radical (unpaired) electrons. The van der Waals surface area contributed by atoms with Crippen molar-refractivity contribution in [2.45, 2.75) is 32.2 Å². The van der Waals surface area contributed by atoms with E-state index in [2.05, 4.69) is 47.1 Å². The van der Waals surface area contributed by atoms with Gasteiger partial charge in [-0.05, 0) is 37.0 Å². The van der Waals surface area contributed by atoms with Gasteiger partial charge in [0.25, 0.3) is 0 Å². The van der Waals surface area contributed by atoms with Gasteiger partial charge in [0.1, 0.15) is 11.6 Å². The fraction of sp³-hybridized carbons (Fsp3) is 0.214. The van der Waals surface area contributed by atoms with E-state index in [-0.39, 0.29) is 6.42 Å². The van der Waals surface area contributed by atoms with E-state index >= 15 is 0 Å². The van der Waals surface area contributed by atoms with Crippen molar-refractivity contribution >= 4 is 23.1 Å². The molecule has 5 heteroatoms. The maximum atomic E-state index is 10.6. The second-order valence-electron chi connectivity index (χ2n) is 7.93. The molecule has 1 N–H and O–H groups in total. The van der Waals surface area contributed by atoms with Gasteiger partial charge in [0, 0.05) is 24.6 Å². The Morgan fingerprint density at radius 1 is 0.939 bits per heavy atom. The largest absolute Gasteiger partial charge is 0.494 e. The van der Waals surface area contributed by atoms with E-state index in [0.717, 1.165) is 41.0 Å². The number of carboxylic acids is 1. The molecule has 1 heterocycles. The van der Waals surface area contributed by atoms with Gasteiger partial charge < -0.3 is 14.4 Å². The summed E-state index contributed by atoms with van der Waals surface area (Å²) in [5.74, 6) is 0.962. The third-order valence-electron chi connectivity index (χ3n) is 5.45. The van der Waals surface area contributed by atoms with Crippen LogP contribution in [0.3, 0.4) is 0 Å². The van der Waals surface area contributed by atoms with Gasteiger partial charge in [-0.25, -0.2) is 4.98 Å². The maximum Gasteiger partial charge on any atom is 0.303 e. The second-order valence-corrected chi connectivity index (χ2v) is 7.93. The van der Waals surface area contributed by atoms with Gasteiger partial charge in [-0.1, -0.05) is 72.8 Å². The lowest BCUT2D eigenvalue weighted by Gasteiger charge is -2.08. The first kappa shape index (κ1) is 22.3. The minimum absolute atomic E-state index is 0.213.